The molecule has 1 aromatic carbocycles. The van der Waals surface area contributed by atoms with Gasteiger partial charge in [-0.05, 0) is 42.7 Å². The molecule has 0 aliphatic carbocycles. The standard InChI is InChI=1S/C17H22N2O2/c1-2-11-18-17-5-3-4-15(19-17)13-21-16-8-6-14(7-9-16)10-12-20/h3-9,20H,2,10-13H2,1H3,(H,18,19). The molecule has 4 heteroatoms. The average molecular weight is 286 g/mol. The van der Waals surface area contributed by atoms with E-state index in [2.05, 4.69) is 17.2 Å². The van der Waals surface area contributed by atoms with Gasteiger partial charge in [0.05, 0.1) is 5.69 Å². The Kier molecular flexibility index (Phi) is 6.03. The molecule has 1 heterocycles. The maximum atomic E-state index is 8.88. The van der Waals surface area contributed by atoms with Crippen molar-refractivity contribution in [3.63, 3.8) is 0 Å². The maximum absolute atomic E-state index is 8.88. The molecule has 0 saturated carbocycles. The number of rotatable bonds is 8. The van der Waals surface area contributed by atoms with Gasteiger partial charge >= 0.3 is 0 Å². The molecular formula is C17H22N2O2. The van der Waals surface area contributed by atoms with Crippen LogP contribution in [-0.2, 0) is 13.0 Å². The number of benzene rings is 1. The number of hydrogen-bond donors (Lipinski definition) is 2. The zero-order chi connectivity index (χ0) is 14.9. The molecule has 0 radical (unpaired) electrons. The molecular weight excluding hydrogens is 264 g/mol. The molecule has 2 N–H and O–H groups in total. The highest BCUT2D eigenvalue weighted by atomic mass is 16.5. The van der Waals surface area contributed by atoms with Crippen molar-refractivity contribution in [2.75, 3.05) is 18.5 Å². The van der Waals surface area contributed by atoms with E-state index < -0.39 is 0 Å². The van der Waals surface area contributed by atoms with Gasteiger partial charge in [-0.3, -0.25) is 0 Å². The summed E-state index contributed by atoms with van der Waals surface area (Å²) >= 11 is 0. The van der Waals surface area contributed by atoms with Gasteiger partial charge in [0.25, 0.3) is 0 Å². The van der Waals surface area contributed by atoms with Crippen molar-refractivity contribution < 1.29 is 9.84 Å². The molecule has 0 spiro atoms. The fourth-order valence-electron chi connectivity index (χ4n) is 1.95. The molecule has 0 saturated heterocycles. The van der Waals surface area contributed by atoms with Gasteiger partial charge in [0.1, 0.15) is 18.2 Å². The van der Waals surface area contributed by atoms with E-state index in [1.807, 2.05) is 42.5 Å². The lowest BCUT2D eigenvalue weighted by Gasteiger charge is -2.09. The van der Waals surface area contributed by atoms with E-state index in [0.29, 0.717) is 13.0 Å². The molecule has 0 unspecified atom stereocenters. The Labute approximate surface area is 125 Å². The summed E-state index contributed by atoms with van der Waals surface area (Å²) < 4.78 is 5.73. The molecule has 2 rings (SSSR count). The summed E-state index contributed by atoms with van der Waals surface area (Å²) in [4.78, 5) is 4.50. The number of aliphatic hydroxyl groups is 1. The topological polar surface area (TPSA) is 54.4 Å². The number of aromatic nitrogens is 1. The smallest absolute Gasteiger partial charge is 0.130 e. The zero-order valence-electron chi connectivity index (χ0n) is 12.4. The SMILES string of the molecule is CCCNc1cccc(COc2ccc(CCO)cc2)n1. The van der Waals surface area contributed by atoms with Gasteiger partial charge in [-0.2, -0.15) is 0 Å². The Morgan fingerprint density at radius 2 is 1.95 bits per heavy atom. The molecule has 2 aromatic rings. The number of ether oxygens (including phenoxy) is 1. The fourth-order valence-corrected chi connectivity index (χ4v) is 1.95. The summed E-state index contributed by atoms with van der Waals surface area (Å²) in [5.41, 5.74) is 2.00. The largest absolute Gasteiger partial charge is 0.487 e. The van der Waals surface area contributed by atoms with Gasteiger partial charge in [0.15, 0.2) is 0 Å². The quantitative estimate of drug-likeness (QED) is 0.783. The molecule has 4 nitrogen and oxygen atoms in total. The van der Waals surface area contributed by atoms with E-state index in [1.165, 1.54) is 0 Å². The van der Waals surface area contributed by atoms with Gasteiger partial charge in [-0.1, -0.05) is 25.1 Å². The number of nitrogens with one attached hydrogen (secondary N) is 1. The summed E-state index contributed by atoms with van der Waals surface area (Å²) in [5.74, 6) is 1.70. The number of anilines is 1. The first-order valence-electron chi connectivity index (χ1n) is 7.34. The number of aliphatic hydroxyl groups excluding tert-OH is 1. The number of pyridine rings is 1. The predicted octanol–water partition coefficient (Wildman–Crippen LogP) is 3.02. The van der Waals surface area contributed by atoms with E-state index in [0.717, 1.165) is 35.8 Å². The molecule has 0 bridgehead atoms. The van der Waals surface area contributed by atoms with E-state index in [-0.39, 0.29) is 6.61 Å². The van der Waals surface area contributed by atoms with Crippen molar-refractivity contribution in [3.8, 4) is 5.75 Å². The predicted molar refractivity (Wildman–Crippen MR) is 84.6 cm³/mol. The lowest BCUT2D eigenvalue weighted by Crippen LogP contribution is -2.04. The Morgan fingerprint density at radius 3 is 2.67 bits per heavy atom. The van der Waals surface area contributed by atoms with Crippen LogP contribution in [0.5, 0.6) is 5.75 Å². The molecule has 1 aromatic heterocycles. The minimum absolute atomic E-state index is 0.168. The van der Waals surface area contributed by atoms with Gasteiger partial charge in [0, 0.05) is 13.2 Å². The molecule has 112 valence electrons. The van der Waals surface area contributed by atoms with Crippen molar-refractivity contribution in [3.05, 3.63) is 53.7 Å². The molecule has 0 aliphatic rings. The number of nitrogens with zero attached hydrogens (tertiary/aromatic N) is 1. The molecule has 0 fully saturated rings. The second-order valence-corrected chi connectivity index (χ2v) is 4.85. The second kappa shape index (κ2) is 8.27. The van der Waals surface area contributed by atoms with Crippen LogP contribution < -0.4 is 10.1 Å². The van der Waals surface area contributed by atoms with Gasteiger partial charge < -0.3 is 15.2 Å². The highest BCUT2D eigenvalue weighted by Gasteiger charge is 2.00. The average Bonchev–Trinajstić information content (AvgIpc) is 2.53. The summed E-state index contributed by atoms with van der Waals surface area (Å²) in [5, 5.41) is 12.1. The lowest BCUT2D eigenvalue weighted by molar-refractivity contribution is 0.297. The van der Waals surface area contributed by atoms with Crippen LogP contribution in [0.4, 0.5) is 5.82 Å². The Morgan fingerprint density at radius 1 is 1.14 bits per heavy atom. The molecule has 0 amide bonds. The minimum atomic E-state index is 0.168. The highest BCUT2D eigenvalue weighted by Crippen LogP contribution is 2.14. The zero-order valence-corrected chi connectivity index (χ0v) is 12.4. The fraction of sp³-hybridized carbons (Fsp3) is 0.353. The summed E-state index contributed by atoms with van der Waals surface area (Å²) in [6, 6.07) is 13.7. The lowest BCUT2D eigenvalue weighted by atomic mass is 10.1. The van der Waals surface area contributed by atoms with Crippen molar-refractivity contribution in [2.45, 2.75) is 26.4 Å². The van der Waals surface area contributed by atoms with Gasteiger partial charge in [0.2, 0.25) is 0 Å². The Hall–Kier alpha value is -2.07. The molecule has 0 aliphatic heterocycles. The number of hydrogen-bond acceptors (Lipinski definition) is 4. The Bertz CT molecular complexity index is 541. The van der Waals surface area contributed by atoms with E-state index in [1.54, 1.807) is 0 Å². The van der Waals surface area contributed by atoms with Crippen LogP contribution >= 0.6 is 0 Å². The first kappa shape index (κ1) is 15.3. The minimum Gasteiger partial charge on any atom is -0.487 e. The van der Waals surface area contributed by atoms with Crippen LogP contribution in [0.1, 0.15) is 24.6 Å². The highest BCUT2D eigenvalue weighted by molar-refractivity contribution is 5.35. The van der Waals surface area contributed by atoms with Crippen LogP contribution in [-0.4, -0.2) is 23.2 Å². The van der Waals surface area contributed by atoms with E-state index in [4.69, 9.17) is 9.84 Å². The maximum Gasteiger partial charge on any atom is 0.130 e. The van der Waals surface area contributed by atoms with E-state index in [9.17, 15) is 0 Å². The van der Waals surface area contributed by atoms with Crippen molar-refractivity contribution in [2.24, 2.45) is 0 Å². The third kappa shape index (κ3) is 5.08. The summed E-state index contributed by atoms with van der Waals surface area (Å²) in [6.45, 7) is 3.66. The third-order valence-electron chi connectivity index (χ3n) is 3.07. The van der Waals surface area contributed by atoms with Crippen molar-refractivity contribution >= 4 is 5.82 Å². The van der Waals surface area contributed by atoms with Crippen LogP contribution in [0.2, 0.25) is 0 Å². The van der Waals surface area contributed by atoms with E-state index >= 15 is 0 Å². The van der Waals surface area contributed by atoms with Crippen LogP contribution in [0.3, 0.4) is 0 Å². The van der Waals surface area contributed by atoms with Crippen LogP contribution in [0.25, 0.3) is 0 Å². The van der Waals surface area contributed by atoms with Gasteiger partial charge in [-0.25, -0.2) is 4.98 Å². The van der Waals surface area contributed by atoms with Crippen LogP contribution in [0, 0.1) is 0 Å². The Balaban J connectivity index is 1.90. The van der Waals surface area contributed by atoms with Crippen LogP contribution in [0.15, 0.2) is 42.5 Å². The normalized spacial score (nSPS) is 10.4. The summed E-state index contributed by atoms with van der Waals surface area (Å²) in [7, 11) is 0. The summed E-state index contributed by atoms with van der Waals surface area (Å²) in [6.07, 6.45) is 1.75. The monoisotopic (exact) mass is 286 g/mol. The van der Waals surface area contributed by atoms with Gasteiger partial charge in [-0.15, -0.1) is 0 Å². The molecule has 0 atom stereocenters. The van der Waals surface area contributed by atoms with Crippen molar-refractivity contribution in [1.29, 1.82) is 0 Å². The third-order valence-corrected chi connectivity index (χ3v) is 3.07. The second-order valence-electron chi connectivity index (χ2n) is 4.85. The first-order valence-corrected chi connectivity index (χ1v) is 7.34. The van der Waals surface area contributed by atoms with Crippen molar-refractivity contribution in [1.82, 2.24) is 4.98 Å². The molecule has 21 heavy (non-hydrogen) atoms. The first-order chi connectivity index (χ1) is 10.3.